The summed E-state index contributed by atoms with van der Waals surface area (Å²) in [6, 6.07) is 5.53. The van der Waals surface area contributed by atoms with Crippen LogP contribution >= 0.6 is 0 Å². The van der Waals surface area contributed by atoms with Crippen molar-refractivity contribution in [2.24, 2.45) is 0 Å². The number of hydrogen-bond donors (Lipinski definition) is 1. The predicted octanol–water partition coefficient (Wildman–Crippen LogP) is 2.44. The Labute approximate surface area is 146 Å². The maximum atomic E-state index is 11.9. The first kappa shape index (κ1) is 17.4. The number of aromatic nitrogens is 2. The molecule has 0 radical (unpaired) electrons. The Kier molecular flexibility index (Phi) is 5.03. The van der Waals surface area contributed by atoms with Crippen LogP contribution in [0.1, 0.15) is 36.9 Å². The van der Waals surface area contributed by atoms with Crippen molar-refractivity contribution in [3.05, 3.63) is 41.5 Å². The van der Waals surface area contributed by atoms with Crippen LogP contribution < -0.4 is 4.74 Å². The highest BCUT2D eigenvalue weighted by Crippen LogP contribution is 2.30. The first-order valence-electron chi connectivity index (χ1n) is 8.52. The lowest BCUT2D eigenvalue weighted by atomic mass is 9.91. The number of piperidine rings is 1. The second kappa shape index (κ2) is 7.23. The summed E-state index contributed by atoms with van der Waals surface area (Å²) in [5.41, 5.74) is 0.593. The summed E-state index contributed by atoms with van der Waals surface area (Å²) in [5.74, 6) is 0.369. The third-order valence-corrected chi connectivity index (χ3v) is 4.60. The molecule has 3 heterocycles. The fraction of sp³-hybridized carbons (Fsp3) is 0.500. The number of aryl methyl sites for hydroxylation is 2. The lowest BCUT2D eigenvalue weighted by molar-refractivity contribution is -0.160. The number of carbonyl (C=O) groups is 1. The smallest absolute Gasteiger partial charge is 0.348 e. The summed E-state index contributed by atoms with van der Waals surface area (Å²) in [5, 5.41) is 13.7. The van der Waals surface area contributed by atoms with Gasteiger partial charge in [0.15, 0.2) is 5.76 Å². The van der Waals surface area contributed by atoms with Crippen LogP contribution in [0.3, 0.4) is 0 Å². The average molecular weight is 345 g/mol. The Bertz CT molecular complexity index is 718. The zero-order chi connectivity index (χ0) is 17.9. The average Bonchev–Trinajstić information content (AvgIpc) is 3.06. The molecular weight excluding hydrogens is 322 g/mol. The fourth-order valence-corrected chi connectivity index (χ4v) is 2.99. The van der Waals surface area contributed by atoms with Crippen LogP contribution in [0, 0.1) is 6.92 Å². The number of aliphatic carboxylic acids is 1. The van der Waals surface area contributed by atoms with Gasteiger partial charge in [-0.3, -0.25) is 9.88 Å². The minimum atomic E-state index is -1.20. The summed E-state index contributed by atoms with van der Waals surface area (Å²) >= 11 is 0. The number of nitrogens with zero attached hydrogens (tertiary/aromatic N) is 3. The van der Waals surface area contributed by atoms with E-state index in [4.69, 9.17) is 9.26 Å². The Hall–Kier alpha value is -2.41. The van der Waals surface area contributed by atoms with Crippen molar-refractivity contribution in [2.75, 3.05) is 13.1 Å². The van der Waals surface area contributed by atoms with E-state index in [2.05, 4.69) is 15.0 Å². The van der Waals surface area contributed by atoms with Gasteiger partial charge in [-0.2, -0.15) is 0 Å². The van der Waals surface area contributed by atoms with E-state index in [-0.39, 0.29) is 0 Å². The number of carboxylic acids is 1. The molecule has 0 bridgehead atoms. The third kappa shape index (κ3) is 3.99. The van der Waals surface area contributed by atoms with Gasteiger partial charge in [0.2, 0.25) is 5.60 Å². The van der Waals surface area contributed by atoms with E-state index in [1.807, 2.05) is 26.0 Å². The van der Waals surface area contributed by atoms with Gasteiger partial charge < -0.3 is 14.4 Å². The van der Waals surface area contributed by atoms with Gasteiger partial charge in [-0.05, 0) is 25.5 Å². The lowest BCUT2D eigenvalue weighted by Gasteiger charge is -2.38. The molecule has 0 unspecified atom stereocenters. The Morgan fingerprint density at radius 1 is 1.40 bits per heavy atom. The predicted molar refractivity (Wildman–Crippen MR) is 90.4 cm³/mol. The van der Waals surface area contributed by atoms with Crippen molar-refractivity contribution in [1.29, 1.82) is 0 Å². The van der Waals surface area contributed by atoms with Gasteiger partial charge in [0, 0.05) is 37.7 Å². The van der Waals surface area contributed by atoms with Crippen LogP contribution in [0.2, 0.25) is 0 Å². The van der Waals surface area contributed by atoms with Crippen LogP contribution in [0.4, 0.5) is 0 Å². The van der Waals surface area contributed by atoms with Crippen LogP contribution in [0.25, 0.3) is 0 Å². The van der Waals surface area contributed by atoms with Crippen molar-refractivity contribution in [3.63, 3.8) is 0 Å². The van der Waals surface area contributed by atoms with Crippen molar-refractivity contribution in [3.8, 4) is 5.75 Å². The molecule has 1 fully saturated rings. The minimum Gasteiger partial charge on any atom is -0.478 e. The van der Waals surface area contributed by atoms with Crippen LogP contribution in [-0.4, -0.2) is 44.8 Å². The molecule has 2 aromatic rings. The first-order chi connectivity index (χ1) is 12.0. The van der Waals surface area contributed by atoms with Crippen molar-refractivity contribution < 1.29 is 19.2 Å². The second-order valence-corrected chi connectivity index (χ2v) is 6.45. The normalized spacial score (nSPS) is 17.4. The van der Waals surface area contributed by atoms with E-state index in [9.17, 15) is 9.90 Å². The molecule has 7 nitrogen and oxygen atoms in total. The highest BCUT2D eigenvalue weighted by Gasteiger charge is 2.44. The van der Waals surface area contributed by atoms with Gasteiger partial charge in [0.25, 0.3) is 0 Å². The van der Waals surface area contributed by atoms with E-state index in [1.165, 1.54) is 0 Å². The molecule has 1 saturated heterocycles. The van der Waals surface area contributed by atoms with E-state index in [1.54, 1.807) is 12.3 Å². The number of pyridine rings is 1. The van der Waals surface area contributed by atoms with Gasteiger partial charge in [-0.25, -0.2) is 4.79 Å². The zero-order valence-electron chi connectivity index (χ0n) is 14.6. The molecule has 0 aromatic carbocycles. The summed E-state index contributed by atoms with van der Waals surface area (Å²) in [4.78, 5) is 18.2. The lowest BCUT2D eigenvalue weighted by Crippen LogP contribution is -2.53. The SMILES string of the molecule is CCc1cc(CN2CCC(Oc3ccc(C)nc3)(C(=O)O)CC2)on1. The van der Waals surface area contributed by atoms with E-state index < -0.39 is 11.6 Å². The van der Waals surface area contributed by atoms with Crippen molar-refractivity contribution in [1.82, 2.24) is 15.0 Å². The quantitative estimate of drug-likeness (QED) is 0.860. The van der Waals surface area contributed by atoms with Crippen LogP contribution in [-0.2, 0) is 17.8 Å². The summed E-state index contributed by atoms with van der Waals surface area (Å²) in [6.45, 7) is 5.78. The second-order valence-electron chi connectivity index (χ2n) is 6.45. The van der Waals surface area contributed by atoms with Crippen LogP contribution in [0.15, 0.2) is 28.9 Å². The third-order valence-electron chi connectivity index (χ3n) is 4.60. The van der Waals surface area contributed by atoms with Gasteiger partial charge >= 0.3 is 5.97 Å². The molecule has 25 heavy (non-hydrogen) atoms. The molecular formula is C18H23N3O4. The minimum absolute atomic E-state index is 0.408. The van der Waals surface area contributed by atoms with E-state index in [0.29, 0.717) is 38.2 Å². The number of carboxylic acid groups (broad SMARTS) is 1. The van der Waals surface area contributed by atoms with Gasteiger partial charge in [0.05, 0.1) is 18.4 Å². The topological polar surface area (TPSA) is 88.7 Å². The highest BCUT2D eigenvalue weighted by atomic mass is 16.5. The maximum absolute atomic E-state index is 11.9. The van der Waals surface area contributed by atoms with Gasteiger partial charge in [0.1, 0.15) is 5.75 Å². The van der Waals surface area contributed by atoms with Crippen LogP contribution in [0.5, 0.6) is 5.75 Å². The fourth-order valence-electron chi connectivity index (χ4n) is 2.99. The van der Waals surface area contributed by atoms with Gasteiger partial charge in [-0.15, -0.1) is 0 Å². The Morgan fingerprint density at radius 3 is 2.72 bits per heavy atom. The Morgan fingerprint density at radius 2 is 2.16 bits per heavy atom. The van der Waals surface area contributed by atoms with Crippen molar-refractivity contribution in [2.45, 2.75) is 45.3 Å². The monoisotopic (exact) mass is 345 g/mol. The first-order valence-corrected chi connectivity index (χ1v) is 8.52. The molecule has 134 valence electrons. The molecule has 1 aliphatic rings. The molecule has 1 aliphatic heterocycles. The van der Waals surface area contributed by atoms with Crippen molar-refractivity contribution >= 4 is 5.97 Å². The molecule has 0 saturated carbocycles. The standard InChI is InChI=1S/C18H23N3O4/c1-3-14-10-16(25-20-14)12-21-8-6-18(7-9-21,17(22)23)24-15-5-4-13(2)19-11-15/h4-5,10-11H,3,6-9,12H2,1-2H3,(H,22,23). The molecule has 7 heteroatoms. The summed E-state index contributed by atoms with van der Waals surface area (Å²) in [6.07, 6.45) is 3.23. The zero-order valence-corrected chi connectivity index (χ0v) is 14.6. The summed E-state index contributed by atoms with van der Waals surface area (Å²) < 4.78 is 11.2. The number of likely N-dealkylation sites (tertiary alicyclic amines) is 1. The summed E-state index contributed by atoms with van der Waals surface area (Å²) in [7, 11) is 0. The largest absolute Gasteiger partial charge is 0.478 e. The number of hydrogen-bond acceptors (Lipinski definition) is 6. The molecule has 0 aliphatic carbocycles. The molecule has 2 aromatic heterocycles. The van der Waals surface area contributed by atoms with E-state index in [0.717, 1.165) is 23.6 Å². The molecule has 0 spiro atoms. The van der Waals surface area contributed by atoms with E-state index >= 15 is 0 Å². The number of ether oxygens (including phenoxy) is 1. The number of rotatable bonds is 6. The van der Waals surface area contributed by atoms with Gasteiger partial charge in [-0.1, -0.05) is 12.1 Å². The highest BCUT2D eigenvalue weighted by molar-refractivity contribution is 5.78. The molecule has 0 atom stereocenters. The Balaban J connectivity index is 1.63. The maximum Gasteiger partial charge on any atom is 0.348 e. The molecule has 0 amide bonds. The molecule has 1 N–H and O–H groups in total. The molecule has 3 rings (SSSR count).